The minimum absolute atomic E-state index is 0.794. The molecule has 2 N–H and O–H groups in total. The maximum Gasteiger partial charge on any atom is 0.232 e. The van der Waals surface area contributed by atoms with Crippen LogP contribution >= 0.6 is 11.6 Å². The Bertz CT molecular complexity index is 376. The summed E-state index contributed by atoms with van der Waals surface area (Å²) in [4.78, 5) is 0. The van der Waals surface area contributed by atoms with Gasteiger partial charge in [-0.1, -0.05) is 11.6 Å². The minimum Gasteiger partial charge on any atom is -0.400 e. The normalized spacial score (nSPS) is 22.4. The lowest BCUT2D eigenvalue weighted by Gasteiger charge is -2.38. The van der Waals surface area contributed by atoms with Gasteiger partial charge in [0.25, 0.3) is 0 Å². The summed E-state index contributed by atoms with van der Waals surface area (Å²) in [7, 11) is -3.14. The SMILES string of the molecule is C[Si]1(C)NN[Si](C)(C)N1c1ccc(Cl)cc1. The Morgan fingerprint density at radius 2 is 1.38 bits per heavy atom. The molecule has 3 nitrogen and oxygen atoms in total. The minimum atomic E-state index is -1.57. The first-order valence-corrected chi connectivity index (χ1v) is 11.7. The second-order valence-corrected chi connectivity index (χ2v) is 13.7. The van der Waals surface area contributed by atoms with Crippen molar-refractivity contribution in [2.45, 2.75) is 26.2 Å². The zero-order chi connectivity index (χ0) is 12.0. The highest BCUT2D eigenvalue weighted by Gasteiger charge is 2.48. The fourth-order valence-corrected chi connectivity index (χ4v) is 12.7. The lowest BCUT2D eigenvalue weighted by molar-refractivity contribution is 0.905. The van der Waals surface area contributed by atoms with E-state index >= 15 is 0 Å². The molecule has 0 atom stereocenters. The fraction of sp³-hybridized carbons (Fsp3) is 0.400. The summed E-state index contributed by atoms with van der Waals surface area (Å²) in [5.74, 6) is 0. The van der Waals surface area contributed by atoms with Gasteiger partial charge in [0.2, 0.25) is 16.8 Å². The van der Waals surface area contributed by atoms with Gasteiger partial charge in [-0.05, 0) is 50.5 Å². The molecule has 0 saturated carbocycles. The van der Waals surface area contributed by atoms with Crippen LogP contribution < -0.4 is 14.4 Å². The topological polar surface area (TPSA) is 27.3 Å². The van der Waals surface area contributed by atoms with Crippen LogP contribution in [-0.2, 0) is 0 Å². The summed E-state index contributed by atoms with van der Waals surface area (Å²) in [5.41, 5.74) is 1.27. The van der Waals surface area contributed by atoms with Crippen molar-refractivity contribution in [3.8, 4) is 0 Å². The predicted molar refractivity (Wildman–Crippen MR) is 75.2 cm³/mol. The average molecular weight is 272 g/mol. The van der Waals surface area contributed by atoms with Gasteiger partial charge in [-0.3, -0.25) is 10.2 Å². The van der Waals surface area contributed by atoms with Gasteiger partial charge in [0, 0.05) is 10.7 Å². The molecule has 0 unspecified atom stereocenters. The van der Waals surface area contributed by atoms with Gasteiger partial charge in [-0.15, -0.1) is 0 Å². The molecule has 1 aliphatic rings. The van der Waals surface area contributed by atoms with Crippen LogP contribution in [0.3, 0.4) is 0 Å². The molecular formula is C10H18ClN3Si2. The van der Waals surface area contributed by atoms with Crippen molar-refractivity contribution < 1.29 is 0 Å². The molecule has 0 amide bonds. The number of anilines is 1. The number of nitrogens with zero attached hydrogens (tertiary/aromatic N) is 1. The Kier molecular flexibility index (Phi) is 2.92. The summed E-state index contributed by atoms with van der Waals surface area (Å²) in [6.07, 6.45) is 0. The van der Waals surface area contributed by atoms with Crippen LogP contribution in [0.15, 0.2) is 24.3 Å². The highest BCUT2D eigenvalue weighted by molar-refractivity contribution is 7.01. The van der Waals surface area contributed by atoms with E-state index in [1.54, 1.807) is 0 Å². The van der Waals surface area contributed by atoms with E-state index in [0.717, 1.165) is 5.02 Å². The third-order valence-corrected chi connectivity index (χ3v) is 11.0. The van der Waals surface area contributed by atoms with E-state index < -0.39 is 16.8 Å². The van der Waals surface area contributed by atoms with Crippen molar-refractivity contribution in [1.82, 2.24) is 10.2 Å². The molecule has 2 rings (SSSR count). The molecule has 0 spiro atoms. The number of rotatable bonds is 1. The molecule has 1 aliphatic heterocycles. The summed E-state index contributed by atoms with van der Waals surface area (Å²) in [5, 5.41) is 7.78. The maximum absolute atomic E-state index is 5.93. The van der Waals surface area contributed by atoms with Crippen molar-refractivity contribution in [3.63, 3.8) is 0 Å². The first-order chi connectivity index (χ1) is 7.33. The Labute approximate surface area is 104 Å². The number of hydrazine groups is 1. The molecular weight excluding hydrogens is 254 g/mol. The van der Waals surface area contributed by atoms with Crippen molar-refractivity contribution in [2.24, 2.45) is 0 Å². The van der Waals surface area contributed by atoms with Crippen LogP contribution in [0.2, 0.25) is 31.2 Å². The molecule has 0 bridgehead atoms. The van der Waals surface area contributed by atoms with E-state index in [4.69, 9.17) is 11.6 Å². The van der Waals surface area contributed by atoms with Gasteiger partial charge in [-0.25, -0.2) is 0 Å². The first-order valence-electron chi connectivity index (χ1n) is 5.43. The molecule has 1 fully saturated rings. The van der Waals surface area contributed by atoms with Crippen LogP contribution in [0.25, 0.3) is 0 Å². The summed E-state index contributed by atoms with van der Waals surface area (Å²) in [6.45, 7) is 9.26. The number of hydrogen-bond acceptors (Lipinski definition) is 3. The van der Waals surface area contributed by atoms with Gasteiger partial charge in [0.15, 0.2) is 0 Å². The lowest BCUT2D eigenvalue weighted by atomic mass is 10.3. The van der Waals surface area contributed by atoms with E-state index in [1.165, 1.54) is 5.69 Å². The largest absolute Gasteiger partial charge is 0.400 e. The molecule has 0 aromatic heterocycles. The smallest absolute Gasteiger partial charge is 0.232 e. The van der Waals surface area contributed by atoms with Crippen molar-refractivity contribution in [3.05, 3.63) is 29.3 Å². The van der Waals surface area contributed by atoms with E-state index in [9.17, 15) is 0 Å². The number of benzene rings is 1. The standard InChI is InChI=1S/C10H18ClN3Si2/c1-15(2)12-13-16(3,4)14(15)10-7-5-9(11)6-8-10/h5-8,12-13H,1-4H3. The molecule has 1 saturated heterocycles. The van der Waals surface area contributed by atoms with E-state index in [-0.39, 0.29) is 0 Å². The second kappa shape index (κ2) is 3.85. The molecule has 1 aromatic carbocycles. The van der Waals surface area contributed by atoms with Gasteiger partial charge in [0.1, 0.15) is 0 Å². The average Bonchev–Trinajstić information content (AvgIpc) is 2.39. The van der Waals surface area contributed by atoms with Crippen LogP contribution in [0.4, 0.5) is 5.69 Å². The van der Waals surface area contributed by atoms with Gasteiger partial charge in [0.05, 0.1) is 0 Å². The maximum atomic E-state index is 5.93. The second-order valence-electron chi connectivity index (χ2n) is 5.18. The first kappa shape index (κ1) is 12.1. The Hall–Kier alpha value is -0.336. The van der Waals surface area contributed by atoms with Crippen LogP contribution in [0, 0.1) is 0 Å². The molecule has 16 heavy (non-hydrogen) atoms. The Morgan fingerprint density at radius 3 is 1.81 bits per heavy atom. The third-order valence-electron chi connectivity index (χ3n) is 2.88. The monoisotopic (exact) mass is 271 g/mol. The van der Waals surface area contributed by atoms with Gasteiger partial charge < -0.3 is 4.23 Å². The predicted octanol–water partition coefficient (Wildman–Crippen LogP) is 2.66. The summed E-state index contributed by atoms with van der Waals surface area (Å²) < 4.78 is 2.58. The lowest BCUT2D eigenvalue weighted by Crippen LogP contribution is -2.59. The zero-order valence-corrected chi connectivity index (χ0v) is 12.9. The van der Waals surface area contributed by atoms with Gasteiger partial charge >= 0.3 is 0 Å². The van der Waals surface area contributed by atoms with E-state index in [2.05, 4.69) is 52.7 Å². The third kappa shape index (κ3) is 2.05. The molecule has 0 radical (unpaired) electrons. The van der Waals surface area contributed by atoms with Crippen LogP contribution in [0.1, 0.15) is 0 Å². The summed E-state index contributed by atoms with van der Waals surface area (Å²) in [6, 6.07) is 8.15. The molecule has 6 heteroatoms. The van der Waals surface area contributed by atoms with Crippen molar-refractivity contribution in [1.29, 1.82) is 0 Å². The number of hydrogen-bond donors (Lipinski definition) is 2. The Morgan fingerprint density at radius 1 is 0.938 bits per heavy atom. The van der Waals surface area contributed by atoms with Crippen molar-refractivity contribution >= 4 is 34.1 Å². The quantitative estimate of drug-likeness (QED) is 0.769. The highest BCUT2D eigenvalue weighted by Crippen LogP contribution is 2.29. The number of halogens is 1. The molecule has 1 heterocycles. The Balaban J connectivity index is 2.41. The molecule has 0 aliphatic carbocycles. The van der Waals surface area contributed by atoms with E-state index in [1.807, 2.05) is 12.1 Å². The number of nitrogens with one attached hydrogen (secondary N) is 2. The molecule has 88 valence electrons. The summed E-state index contributed by atoms with van der Waals surface area (Å²) >= 11 is 5.93. The zero-order valence-electron chi connectivity index (χ0n) is 10.1. The van der Waals surface area contributed by atoms with Crippen molar-refractivity contribution in [2.75, 3.05) is 4.23 Å². The fourth-order valence-electron chi connectivity index (χ4n) is 2.35. The van der Waals surface area contributed by atoms with Crippen LogP contribution in [-0.4, -0.2) is 16.8 Å². The van der Waals surface area contributed by atoms with E-state index in [0.29, 0.717) is 0 Å². The van der Waals surface area contributed by atoms with Crippen LogP contribution in [0.5, 0.6) is 0 Å². The highest BCUT2D eigenvalue weighted by atomic mass is 35.5. The van der Waals surface area contributed by atoms with Gasteiger partial charge in [-0.2, -0.15) is 0 Å². The molecule has 1 aromatic rings.